The first-order chi connectivity index (χ1) is 11.3. The van der Waals surface area contributed by atoms with E-state index >= 15 is 0 Å². The van der Waals surface area contributed by atoms with Crippen LogP contribution in [-0.2, 0) is 6.54 Å². The zero-order valence-electron chi connectivity index (χ0n) is 12.6. The van der Waals surface area contributed by atoms with Crippen molar-refractivity contribution in [1.29, 1.82) is 0 Å². The second kappa shape index (κ2) is 7.94. The van der Waals surface area contributed by atoms with Crippen molar-refractivity contribution in [2.75, 3.05) is 12.3 Å². The van der Waals surface area contributed by atoms with Gasteiger partial charge in [-0.25, -0.2) is 4.39 Å². The molecular formula is C18H18FN3S. The van der Waals surface area contributed by atoms with Crippen molar-refractivity contribution in [2.45, 2.75) is 11.4 Å². The minimum atomic E-state index is -0.231. The van der Waals surface area contributed by atoms with Crippen LogP contribution in [0.15, 0.2) is 65.7 Å². The van der Waals surface area contributed by atoms with Crippen LogP contribution < -0.4 is 5.32 Å². The summed E-state index contributed by atoms with van der Waals surface area (Å²) in [5.41, 5.74) is 2.97. The van der Waals surface area contributed by atoms with Crippen LogP contribution in [-0.4, -0.2) is 22.5 Å². The Morgan fingerprint density at radius 2 is 1.83 bits per heavy atom. The second-order valence-corrected chi connectivity index (χ2v) is 6.28. The Morgan fingerprint density at radius 3 is 2.61 bits per heavy atom. The number of thioether (sulfide) groups is 1. The molecule has 23 heavy (non-hydrogen) atoms. The van der Waals surface area contributed by atoms with E-state index in [1.807, 2.05) is 24.0 Å². The van der Waals surface area contributed by atoms with E-state index in [1.54, 1.807) is 12.1 Å². The standard InChI is InChI=1S/C18H18FN3S/c19-16-8-6-14(7-9-16)18-15(13-21-22-18)12-20-10-11-23-17-4-2-1-3-5-17/h1-9,13,20H,10-12H2,(H,21,22). The topological polar surface area (TPSA) is 40.7 Å². The Balaban J connectivity index is 1.49. The highest BCUT2D eigenvalue weighted by Crippen LogP contribution is 2.21. The lowest BCUT2D eigenvalue weighted by Gasteiger charge is -2.06. The number of aromatic nitrogens is 2. The van der Waals surface area contributed by atoms with Crippen molar-refractivity contribution in [3.05, 3.63) is 72.2 Å². The summed E-state index contributed by atoms with van der Waals surface area (Å²) in [5, 5.41) is 10.5. The van der Waals surface area contributed by atoms with E-state index in [2.05, 4.69) is 39.8 Å². The highest BCUT2D eigenvalue weighted by atomic mass is 32.2. The number of nitrogens with one attached hydrogen (secondary N) is 2. The smallest absolute Gasteiger partial charge is 0.123 e. The highest BCUT2D eigenvalue weighted by Gasteiger charge is 2.07. The lowest BCUT2D eigenvalue weighted by Crippen LogP contribution is -2.16. The fourth-order valence-corrected chi connectivity index (χ4v) is 3.12. The van der Waals surface area contributed by atoms with E-state index < -0.39 is 0 Å². The number of hydrogen-bond donors (Lipinski definition) is 2. The molecule has 2 aromatic carbocycles. The van der Waals surface area contributed by atoms with Gasteiger partial charge in [-0.05, 0) is 36.4 Å². The molecule has 0 saturated heterocycles. The van der Waals surface area contributed by atoms with E-state index in [9.17, 15) is 4.39 Å². The monoisotopic (exact) mass is 327 g/mol. The Hall–Kier alpha value is -2.11. The number of H-pyrrole nitrogens is 1. The Bertz CT molecular complexity index is 726. The minimum Gasteiger partial charge on any atom is -0.312 e. The lowest BCUT2D eigenvalue weighted by molar-refractivity contribution is 0.628. The van der Waals surface area contributed by atoms with Crippen molar-refractivity contribution in [3.63, 3.8) is 0 Å². The van der Waals surface area contributed by atoms with Crippen LogP contribution in [0, 0.1) is 5.82 Å². The molecule has 0 unspecified atom stereocenters. The van der Waals surface area contributed by atoms with Crippen LogP contribution in [0.4, 0.5) is 4.39 Å². The number of benzene rings is 2. The van der Waals surface area contributed by atoms with Gasteiger partial charge in [0.25, 0.3) is 0 Å². The lowest BCUT2D eigenvalue weighted by atomic mass is 10.1. The molecule has 0 fully saturated rings. The molecule has 0 amide bonds. The minimum absolute atomic E-state index is 0.231. The van der Waals surface area contributed by atoms with Gasteiger partial charge in [0.05, 0.1) is 11.9 Å². The largest absolute Gasteiger partial charge is 0.312 e. The fourth-order valence-electron chi connectivity index (χ4n) is 2.29. The molecule has 1 aromatic heterocycles. The van der Waals surface area contributed by atoms with E-state index in [-0.39, 0.29) is 5.82 Å². The molecule has 0 aliphatic carbocycles. The van der Waals surface area contributed by atoms with Crippen molar-refractivity contribution in [1.82, 2.24) is 15.5 Å². The summed E-state index contributed by atoms with van der Waals surface area (Å²) < 4.78 is 13.0. The van der Waals surface area contributed by atoms with Gasteiger partial charge in [-0.2, -0.15) is 5.10 Å². The van der Waals surface area contributed by atoms with Gasteiger partial charge < -0.3 is 5.32 Å². The third-order valence-corrected chi connectivity index (χ3v) is 4.47. The Labute approximate surface area is 139 Å². The normalized spacial score (nSPS) is 10.8. The van der Waals surface area contributed by atoms with E-state index in [1.165, 1.54) is 17.0 Å². The molecule has 0 radical (unpaired) electrons. The molecule has 118 valence electrons. The molecule has 0 spiro atoms. The Morgan fingerprint density at radius 1 is 1.04 bits per heavy atom. The van der Waals surface area contributed by atoms with Gasteiger partial charge in [-0.1, -0.05) is 18.2 Å². The van der Waals surface area contributed by atoms with Crippen LogP contribution in [0.5, 0.6) is 0 Å². The second-order valence-electron chi connectivity index (χ2n) is 5.12. The summed E-state index contributed by atoms with van der Waals surface area (Å²) in [6.45, 7) is 1.64. The van der Waals surface area contributed by atoms with Crippen LogP contribution in [0.3, 0.4) is 0 Å². The van der Waals surface area contributed by atoms with Gasteiger partial charge in [0.15, 0.2) is 0 Å². The van der Waals surface area contributed by atoms with Crippen LogP contribution in [0.2, 0.25) is 0 Å². The third-order valence-electron chi connectivity index (χ3n) is 3.46. The summed E-state index contributed by atoms with van der Waals surface area (Å²) >= 11 is 1.83. The number of rotatable bonds is 7. The first kappa shape index (κ1) is 15.8. The molecule has 0 aliphatic rings. The first-order valence-corrected chi connectivity index (χ1v) is 8.48. The molecule has 0 atom stereocenters. The summed E-state index contributed by atoms with van der Waals surface area (Å²) in [6, 6.07) is 16.8. The van der Waals surface area contributed by atoms with Crippen molar-refractivity contribution < 1.29 is 4.39 Å². The molecule has 5 heteroatoms. The molecule has 3 nitrogen and oxygen atoms in total. The van der Waals surface area contributed by atoms with Gasteiger partial charge in [0, 0.05) is 34.9 Å². The number of halogens is 1. The maximum absolute atomic E-state index is 13.0. The van der Waals surface area contributed by atoms with Crippen LogP contribution >= 0.6 is 11.8 Å². The van der Waals surface area contributed by atoms with Crippen LogP contribution in [0.25, 0.3) is 11.3 Å². The molecular weight excluding hydrogens is 309 g/mol. The van der Waals surface area contributed by atoms with Gasteiger partial charge >= 0.3 is 0 Å². The average Bonchev–Trinajstić information content (AvgIpc) is 3.05. The summed E-state index contributed by atoms with van der Waals surface area (Å²) in [4.78, 5) is 1.28. The predicted octanol–water partition coefficient (Wildman–Crippen LogP) is 4.10. The fraction of sp³-hybridized carbons (Fsp3) is 0.167. The molecule has 1 heterocycles. The highest BCUT2D eigenvalue weighted by molar-refractivity contribution is 7.99. The number of hydrogen-bond acceptors (Lipinski definition) is 3. The van der Waals surface area contributed by atoms with Gasteiger partial charge in [-0.3, -0.25) is 5.10 Å². The first-order valence-electron chi connectivity index (χ1n) is 7.49. The molecule has 2 N–H and O–H groups in total. The average molecular weight is 327 g/mol. The summed E-state index contributed by atoms with van der Waals surface area (Å²) in [7, 11) is 0. The zero-order chi connectivity index (χ0) is 15.9. The summed E-state index contributed by atoms with van der Waals surface area (Å²) in [6.07, 6.45) is 1.82. The van der Waals surface area contributed by atoms with Crippen molar-refractivity contribution in [2.24, 2.45) is 0 Å². The molecule has 3 rings (SSSR count). The maximum Gasteiger partial charge on any atom is 0.123 e. The summed E-state index contributed by atoms with van der Waals surface area (Å²) in [5.74, 6) is 0.777. The number of nitrogens with zero attached hydrogens (tertiary/aromatic N) is 1. The van der Waals surface area contributed by atoms with Gasteiger partial charge in [-0.15, -0.1) is 11.8 Å². The SMILES string of the molecule is Fc1ccc(-c2[nH]ncc2CNCCSc2ccccc2)cc1. The molecule has 0 bridgehead atoms. The predicted molar refractivity (Wildman–Crippen MR) is 92.9 cm³/mol. The quantitative estimate of drug-likeness (QED) is 0.507. The van der Waals surface area contributed by atoms with Gasteiger partial charge in [0.2, 0.25) is 0 Å². The van der Waals surface area contributed by atoms with E-state index in [0.29, 0.717) is 0 Å². The molecule has 3 aromatic rings. The van der Waals surface area contributed by atoms with E-state index in [4.69, 9.17) is 0 Å². The third kappa shape index (κ3) is 4.43. The molecule has 0 saturated carbocycles. The zero-order valence-corrected chi connectivity index (χ0v) is 13.4. The van der Waals surface area contributed by atoms with Crippen LogP contribution in [0.1, 0.15) is 5.56 Å². The maximum atomic E-state index is 13.0. The van der Waals surface area contributed by atoms with Gasteiger partial charge in [0.1, 0.15) is 5.82 Å². The van der Waals surface area contributed by atoms with E-state index in [0.717, 1.165) is 35.7 Å². The van der Waals surface area contributed by atoms with Crippen molar-refractivity contribution in [3.8, 4) is 11.3 Å². The number of aromatic amines is 1. The Kier molecular flexibility index (Phi) is 5.45. The van der Waals surface area contributed by atoms with Crippen molar-refractivity contribution >= 4 is 11.8 Å². The molecule has 0 aliphatic heterocycles.